The Morgan fingerprint density at radius 3 is 2.69 bits per heavy atom. The van der Waals surface area contributed by atoms with Gasteiger partial charge in [0.2, 0.25) is 5.88 Å². The van der Waals surface area contributed by atoms with Gasteiger partial charge >= 0.3 is 0 Å². The van der Waals surface area contributed by atoms with Gasteiger partial charge in [0.25, 0.3) is 5.91 Å². The molecule has 4 aromatic heterocycles. The van der Waals surface area contributed by atoms with E-state index < -0.39 is 0 Å². The van der Waals surface area contributed by atoms with E-state index in [-0.39, 0.29) is 11.6 Å². The number of imidazole rings is 1. The number of carbonyl (C=O) groups excluding carboxylic acids is 1. The number of hydrogen-bond acceptors (Lipinski definition) is 9. The number of amides is 1. The van der Waals surface area contributed by atoms with Gasteiger partial charge < -0.3 is 19.5 Å². The Bertz CT molecular complexity index is 1350. The topological polar surface area (TPSA) is 135 Å². The monoisotopic (exact) mass is 429 g/mol. The predicted octanol–water partition coefficient (Wildman–Crippen LogP) is 2.57. The first-order valence-electron chi connectivity index (χ1n) is 9.55. The molecule has 0 aliphatic carbocycles. The Labute approximate surface area is 183 Å². The molecule has 0 aromatic carbocycles. The maximum absolute atomic E-state index is 12.0. The highest BCUT2D eigenvalue weighted by atomic mass is 16.5. The third-order valence-corrected chi connectivity index (χ3v) is 4.59. The number of aryl methyl sites for hydroxylation is 2. The molecule has 0 aliphatic heterocycles. The minimum Gasteiger partial charge on any atom is -0.437 e. The summed E-state index contributed by atoms with van der Waals surface area (Å²) in [5.41, 5.74) is 3.12. The summed E-state index contributed by atoms with van der Waals surface area (Å²) >= 11 is 0. The molecule has 32 heavy (non-hydrogen) atoms. The SMILES string of the molecule is Cc1cc(C#N)ncc1Oc1cc(Nc2ccc(C(=O)N(C)C)nn2)c2ncn(C)c2n1. The Kier molecular flexibility index (Phi) is 5.34. The van der Waals surface area contributed by atoms with Crippen molar-refractivity contribution in [3.63, 3.8) is 0 Å². The quantitative estimate of drug-likeness (QED) is 0.508. The Morgan fingerprint density at radius 1 is 1.22 bits per heavy atom. The van der Waals surface area contributed by atoms with Crippen molar-refractivity contribution in [1.29, 1.82) is 5.26 Å². The Morgan fingerprint density at radius 2 is 2.03 bits per heavy atom. The lowest BCUT2D eigenvalue weighted by Crippen LogP contribution is -2.23. The summed E-state index contributed by atoms with van der Waals surface area (Å²) in [5.74, 6) is 0.990. The standard InChI is InChI=1S/C21H19N9O2/c1-12-7-13(9-22)23-10-16(12)32-18-8-15(19-20(26-18)30(4)11-24-19)25-17-6-5-14(27-28-17)21(31)29(2)3/h5-8,10-11H,1-4H3,(H,25,26,28). The second-order valence-electron chi connectivity index (χ2n) is 7.21. The van der Waals surface area contributed by atoms with E-state index in [1.54, 1.807) is 49.3 Å². The summed E-state index contributed by atoms with van der Waals surface area (Å²) in [6, 6.07) is 8.59. The van der Waals surface area contributed by atoms with E-state index in [1.165, 1.54) is 11.1 Å². The van der Waals surface area contributed by atoms with Crippen molar-refractivity contribution in [1.82, 2.24) is 34.6 Å². The van der Waals surface area contributed by atoms with Crippen LogP contribution in [0, 0.1) is 18.3 Å². The van der Waals surface area contributed by atoms with Crippen LogP contribution in [0.15, 0.2) is 36.8 Å². The number of aromatic nitrogens is 6. The number of ether oxygens (including phenoxy) is 1. The maximum atomic E-state index is 12.0. The molecule has 0 bridgehead atoms. The van der Waals surface area contributed by atoms with Crippen LogP contribution >= 0.6 is 0 Å². The van der Waals surface area contributed by atoms with E-state index in [4.69, 9.17) is 10.00 Å². The third-order valence-electron chi connectivity index (χ3n) is 4.59. The first kappa shape index (κ1) is 20.7. The maximum Gasteiger partial charge on any atom is 0.273 e. The summed E-state index contributed by atoms with van der Waals surface area (Å²) in [5, 5.41) is 20.2. The van der Waals surface area contributed by atoms with E-state index in [2.05, 4.69) is 30.5 Å². The number of nitrogens with one attached hydrogen (secondary N) is 1. The second kappa shape index (κ2) is 8.27. The van der Waals surface area contributed by atoms with Crippen molar-refractivity contribution >= 4 is 28.6 Å². The van der Waals surface area contributed by atoms with Gasteiger partial charge in [0.1, 0.15) is 17.3 Å². The van der Waals surface area contributed by atoms with Crippen LogP contribution in [0.4, 0.5) is 11.5 Å². The summed E-state index contributed by atoms with van der Waals surface area (Å²) < 4.78 is 7.71. The lowest BCUT2D eigenvalue weighted by atomic mass is 10.2. The van der Waals surface area contributed by atoms with Crippen molar-refractivity contribution in [3.05, 3.63) is 53.7 Å². The number of rotatable bonds is 5. The number of anilines is 2. The van der Waals surface area contributed by atoms with Gasteiger partial charge in [-0.1, -0.05) is 0 Å². The summed E-state index contributed by atoms with van der Waals surface area (Å²) in [6.07, 6.45) is 3.13. The predicted molar refractivity (Wildman–Crippen MR) is 116 cm³/mol. The second-order valence-corrected chi connectivity index (χ2v) is 7.21. The minimum absolute atomic E-state index is 0.234. The molecule has 0 saturated heterocycles. The molecule has 11 nitrogen and oxygen atoms in total. The van der Waals surface area contributed by atoms with Crippen LogP contribution < -0.4 is 10.1 Å². The molecule has 0 saturated carbocycles. The third kappa shape index (κ3) is 4.01. The van der Waals surface area contributed by atoms with Crippen LogP contribution in [0.5, 0.6) is 11.6 Å². The fraction of sp³-hybridized carbons (Fsp3) is 0.190. The van der Waals surface area contributed by atoms with Crippen LogP contribution in [-0.4, -0.2) is 54.6 Å². The van der Waals surface area contributed by atoms with Gasteiger partial charge in [0, 0.05) is 27.2 Å². The van der Waals surface area contributed by atoms with Crippen LogP contribution in [0.3, 0.4) is 0 Å². The van der Waals surface area contributed by atoms with Crippen LogP contribution in [0.25, 0.3) is 11.2 Å². The molecule has 160 valence electrons. The minimum atomic E-state index is -0.234. The van der Waals surface area contributed by atoms with Crippen molar-refractivity contribution in [2.75, 3.05) is 19.4 Å². The van der Waals surface area contributed by atoms with Crippen molar-refractivity contribution < 1.29 is 9.53 Å². The lowest BCUT2D eigenvalue weighted by molar-refractivity contribution is 0.0821. The molecule has 11 heteroatoms. The van der Waals surface area contributed by atoms with Gasteiger partial charge in [-0.25, -0.2) is 9.97 Å². The first-order valence-corrected chi connectivity index (χ1v) is 9.55. The average molecular weight is 429 g/mol. The lowest BCUT2D eigenvalue weighted by Gasteiger charge is -2.12. The molecule has 4 rings (SSSR count). The molecule has 1 N–H and O–H groups in total. The van der Waals surface area contributed by atoms with Crippen molar-refractivity contribution in [2.45, 2.75) is 6.92 Å². The molecule has 0 unspecified atom stereocenters. The van der Waals surface area contributed by atoms with Gasteiger partial charge in [-0.3, -0.25) is 4.79 Å². The molecule has 1 amide bonds. The van der Waals surface area contributed by atoms with Crippen molar-refractivity contribution in [3.8, 4) is 17.7 Å². The molecule has 0 aliphatic rings. The molecule has 4 aromatic rings. The zero-order valence-electron chi connectivity index (χ0n) is 17.9. The van der Waals surface area contributed by atoms with E-state index >= 15 is 0 Å². The fourth-order valence-electron chi connectivity index (χ4n) is 2.93. The van der Waals surface area contributed by atoms with E-state index in [0.717, 1.165) is 5.56 Å². The van der Waals surface area contributed by atoms with E-state index in [1.807, 2.05) is 20.0 Å². The highest BCUT2D eigenvalue weighted by Gasteiger charge is 2.15. The first-order chi connectivity index (χ1) is 15.4. The van der Waals surface area contributed by atoms with Gasteiger partial charge in [-0.05, 0) is 30.7 Å². The van der Waals surface area contributed by atoms with Crippen LogP contribution in [0.2, 0.25) is 0 Å². The fourth-order valence-corrected chi connectivity index (χ4v) is 2.93. The molecule has 0 atom stereocenters. The highest BCUT2D eigenvalue weighted by molar-refractivity contribution is 5.92. The largest absolute Gasteiger partial charge is 0.437 e. The Balaban J connectivity index is 1.67. The number of hydrogen-bond donors (Lipinski definition) is 1. The normalized spacial score (nSPS) is 10.6. The summed E-state index contributed by atoms with van der Waals surface area (Å²) in [6.45, 7) is 1.83. The van der Waals surface area contributed by atoms with Crippen molar-refractivity contribution in [2.24, 2.45) is 7.05 Å². The zero-order valence-corrected chi connectivity index (χ0v) is 17.9. The smallest absolute Gasteiger partial charge is 0.273 e. The van der Waals surface area contributed by atoms with E-state index in [9.17, 15) is 4.79 Å². The molecule has 0 radical (unpaired) electrons. The number of nitriles is 1. The average Bonchev–Trinajstić information content (AvgIpc) is 3.16. The number of pyridine rings is 2. The molecule has 0 spiro atoms. The summed E-state index contributed by atoms with van der Waals surface area (Å²) in [7, 11) is 5.13. The number of carbonyl (C=O) groups is 1. The van der Waals surface area contributed by atoms with Gasteiger partial charge in [0.05, 0.1) is 18.2 Å². The molecule has 0 fully saturated rings. The molecular formula is C21H19N9O2. The number of fused-ring (bicyclic) bond motifs is 1. The Hall–Kier alpha value is -4.59. The van der Waals surface area contributed by atoms with Crippen LogP contribution in [0.1, 0.15) is 21.7 Å². The molecule has 4 heterocycles. The van der Waals surface area contributed by atoms with Gasteiger partial charge in [-0.15, -0.1) is 10.2 Å². The van der Waals surface area contributed by atoms with Gasteiger partial charge in [0.15, 0.2) is 22.9 Å². The number of nitrogens with zero attached hydrogens (tertiary/aromatic N) is 8. The molecular weight excluding hydrogens is 410 g/mol. The zero-order chi connectivity index (χ0) is 22.8. The van der Waals surface area contributed by atoms with Crippen LogP contribution in [-0.2, 0) is 7.05 Å². The highest BCUT2D eigenvalue weighted by Crippen LogP contribution is 2.31. The summed E-state index contributed by atoms with van der Waals surface area (Å²) in [4.78, 5) is 26.4. The van der Waals surface area contributed by atoms with Gasteiger partial charge in [-0.2, -0.15) is 10.2 Å². The van der Waals surface area contributed by atoms with E-state index in [0.29, 0.717) is 40.0 Å².